The highest BCUT2D eigenvalue weighted by molar-refractivity contribution is 5.90. The molecule has 6 nitrogen and oxygen atoms in total. The topological polar surface area (TPSA) is 63.2 Å². The molecule has 24 heavy (non-hydrogen) atoms. The Bertz CT molecular complexity index is 499. The van der Waals surface area contributed by atoms with Crippen molar-refractivity contribution in [1.29, 1.82) is 0 Å². The highest BCUT2D eigenvalue weighted by atomic mass is 16.7. The van der Waals surface area contributed by atoms with E-state index in [0.717, 1.165) is 32.1 Å². The maximum Gasteiger partial charge on any atom is 0.338 e. The predicted octanol–water partition coefficient (Wildman–Crippen LogP) is 3.53. The average molecular weight is 338 g/mol. The van der Waals surface area contributed by atoms with Gasteiger partial charge in [0.05, 0.1) is 19.3 Å². The van der Waals surface area contributed by atoms with Crippen LogP contribution in [0.2, 0.25) is 0 Å². The maximum absolute atomic E-state index is 11.9. The normalized spacial score (nSPS) is 18.7. The van der Waals surface area contributed by atoms with Crippen molar-refractivity contribution in [2.24, 2.45) is 0 Å². The van der Waals surface area contributed by atoms with Gasteiger partial charge < -0.3 is 23.7 Å². The second kappa shape index (κ2) is 9.49. The summed E-state index contributed by atoms with van der Waals surface area (Å²) in [7, 11) is 2.94. The number of carbonyl (C=O) groups is 1. The Kier molecular flexibility index (Phi) is 7.34. The second-order valence-corrected chi connectivity index (χ2v) is 5.67. The molecule has 2 rings (SSSR count). The first kappa shape index (κ1) is 18.5. The van der Waals surface area contributed by atoms with Gasteiger partial charge in [-0.15, -0.1) is 0 Å². The first-order valence-electron chi connectivity index (χ1n) is 8.37. The third-order valence-corrected chi connectivity index (χ3v) is 3.76. The van der Waals surface area contributed by atoms with Gasteiger partial charge in [-0.05, 0) is 25.0 Å². The molecule has 0 bridgehead atoms. The van der Waals surface area contributed by atoms with Crippen molar-refractivity contribution in [2.45, 2.75) is 51.6 Å². The molecule has 1 aromatic carbocycles. The third kappa shape index (κ3) is 5.39. The number of ether oxygens (including phenoxy) is 5. The smallest absolute Gasteiger partial charge is 0.338 e. The lowest BCUT2D eigenvalue weighted by Gasteiger charge is -2.24. The summed E-state index contributed by atoms with van der Waals surface area (Å²) in [5.74, 6) is 0.578. The van der Waals surface area contributed by atoms with E-state index in [-0.39, 0.29) is 12.6 Å². The van der Waals surface area contributed by atoms with Crippen molar-refractivity contribution in [3.8, 4) is 11.5 Å². The minimum absolute atomic E-state index is 0.298. The molecule has 1 saturated heterocycles. The van der Waals surface area contributed by atoms with Gasteiger partial charge in [-0.2, -0.15) is 0 Å². The van der Waals surface area contributed by atoms with Gasteiger partial charge in [0.15, 0.2) is 12.6 Å². The molecule has 134 valence electrons. The van der Waals surface area contributed by atoms with Crippen molar-refractivity contribution in [3.05, 3.63) is 23.8 Å². The van der Waals surface area contributed by atoms with E-state index in [9.17, 15) is 4.79 Å². The summed E-state index contributed by atoms with van der Waals surface area (Å²) < 4.78 is 27.4. The first-order chi connectivity index (χ1) is 11.7. The summed E-state index contributed by atoms with van der Waals surface area (Å²) in [6, 6.07) is 5.01. The minimum Gasteiger partial charge on any atom is -0.465 e. The Morgan fingerprint density at radius 3 is 2.67 bits per heavy atom. The molecule has 0 N–H and O–H groups in total. The molecule has 0 aliphatic carbocycles. The summed E-state index contributed by atoms with van der Waals surface area (Å²) in [4.78, 5) is 11.9. The van der Waals surface area contributed by atoms with Gasteiger partial charge in [0.25, 0.3) is 0 Å². The van der Waals surface area contributed by atoms with Crippen LogP contribution in [-0.2, 0) is 14.2 Å². The van der Waals surface area contributed by atoms with Crippen LogP contribution in [0.1, 0.15) is 49.4 Å². The molecular weight excluding hydrogens is 312 g/mol. The van der Waals surface area contributed by atoms with E-state index < -0.39 is 5.97 Å². The Hall–Kier alpha value is -1.79. The quantitative estimate of drug-likeness (QED) is 0.534. The second-order valence-electron chi connectivity index (χ2n) is 5.67. The van der Waals surface area contributed by atoms with E-state index in [2.05, 4.69) is 6.92 Å². The molecule has 0 saturated carbocycles. The van der Waals surface area contributed by atoms with E-state index in [4.69, 9.17) is 23.7 Å². The van der Waals surface area contributed by atoms with Gasteiger partial charge in [0.2, 0.25) is 0 Å². The number of carbonyl (C=O) groups excluding carboxylic acids is 1. The minimum atomic E-state index is -0.445. The number of rotatable bonds is 8. The summed E-state index contributed by atoms with van der Waals surface area (Å²) in [5, 5.41) is 0. The SMILES string of the molecule is CCCC(OC)Oc1cc(OC2CCCCO2)cc(C(=O)OC)c1. The first-order valence-corrected chi connectivity index (χ1v) is 8.37. The zero-order valence-corrected chi connectivity index (χ0v) is 14.6. The fourth-order valence-corrected chi connectivity index (χ4v) is 2.51. The largest absolute Gasteiger partial charge is 0.465 e. The van der Waals surface area contributed by atoms with Crippen LogP contribution in [0.3, 0.4) is 0 Å². The lowest BCUT2D eigenvalue weighted by atomic mass is 10.2. The van der Waals surface area contributed by atoms with Crippen LogP contribution in [0.25, 0.3) is 0 Å². The van der Waals surface area contributed by atoms with Gasteiger partial charge in [-0.1, -0.05) is 13.3 Å². The van der Waals surface area contributed by atoms with Crippen molar-refractivity contribution >= 4 is 5.97 Å². The molecule has 1 heterocycles. The molecular formula is C18H26O6. The molecule has 6 heteroatoms. The molecule has 0 aromatic heterocycles. The Morgan fingerprint density at radius 2 is 2.04 bits per heavy atom. The van der Waals surface area contributed by atoms with Crippen LogP contribution in [0, 0.1) is 0 Å². The van der Waals surface area contributed by atoms with Crippen molar-refractivity contribution in [3.63, 3.8) is 0 Å². The zero-order chi connectivity index (χ0) is 17.4. The van der Waals surface area contributed by atoms with Crippen LogP contribution in [0.5, 0.6) is 11.5 Å². The molecule has 2 atom stereocenters. The van der Waals surface area contributed by atoms with E-state index in [1.807, 2.05) is 0 Å². The van der Waals surface area contributed by atoms with E-state index in [1.165, 1.54) is 7.11 Å². The third-order valence-electron chi connectivity index (χ3n) is 3.76. The molecule has 1 aliphatic heterocycles. The molecule has 1 fully saturated rings. The van der Waals surface area contributed by atoms with Crippen LogP contribution in [0.15, 0.2) is 18.2 Å². The number of hydrogen-bond donors (Lipinski definition) is 0. The Balaban J connectivity index is 2.18. The van der Waals surface area contributed by atoms with Gasteiger partial charge in [0.1, 0.15) is 11.5 Å². The van der Waals surface area contributed by atoms with E-state index in [0.29, 0.717) is 23.7 Å². The fourth-order valence-electron chi connectivity index (χ4n) is 2.51. The molecule has 0 radical (unpaired) electrons. The van der Waals surface area contributed by atoms with Crippen LogP contribution in [-0.4, -0.2) is 39.4 Å². The molecule has 0 amide bonds. The van der Waals surface area contributed by atoms with Crippen molar-refractivity contribution in [2.75, 3.05) is 20.8 Å². The van der Waals surface area contributed by atoms with Crippen LogP contribution in [0.4, 0.5) is 0 Å². The summed E-state index contributed by atoms with van der Waals surface area (Å²) in [5.41, 5.74) is 0.368. The summed E-state index contributed by atoms with van der Waals surface area (Å²) in [6.45, 7) is 2.74. The fraction of sp³-hybridized carbons (Fsp3) is 0.611. The van der Waals surface area contributed by atoms with Gasteiger partial charge >= 0.3 is 5.97 Å². The number of hydrogen-bond acceptors (Lipinski definition) is 6. The molecule has 1 aliphatic rings. The van der Waals surface area contributed by atoms with Crippen molar-refractivity contribution < 1.29 is 28.5 Å². The number of methoxy groups -OCH3 is 2. The monoisotopic (exact) mass is 338 g/mol. The standard InChI is InChI=1S/C18H26O6/c1-4-7-16(20-2)23-14-10-13(18(19)21-3)11-15(12-14)24-17-8-5-6-9-22-17/h10-12,16-17H,4-9H2,1-3H3. The zero-order valence-electron chi connectivity index (χ0n) is 14.6. The van der Waals surface area contributed by atoms with Gasteiger partial charge in [-0.3, -0.25) is 0 Å². The molecule has 1 aromatic rings. The van der Waals surface area contributed by atoms with E-state index >= 15 is 0 Å². The molecule has 0 spiro atoms. The van der Waals surface area contributed by atoms with Gasteiger partial charge in [0, 0.05) is 26.0 Å². The Labute approximate surface area is 143 Å². The van der Waals surface area contributed by atoms with Crippen LogP contribution < -0.4 is 9.47 Å². The van der Waals surface area contributed by atoms with Gasteiger partial charge in [-0.25, -0.2) is 4.79 Å². The van der Waals surface area contributed by atoms with Crippen LogP contribution >= 0.6 is 0 Å². The summed E-state index contributed by atoms with van der Waals surface area (Å²) >= 11 is 0. The lowest BCUT2D eigenvalue weighted by molar-refractivity contribution is -0.106. The molecule has 2 unspecified atom stereocenters. The highest BCUT2D eigenvalue weighted by Gasteiger charge is 2.18. The lowest BCUT2D eigenvalue weighted by Crippen LogP contribution is -2.25. The van der Waals surface area contributed by atoms with Crippen molar-refractivity contribution in [1.82, 2.24) is 0 Å². The number of benzene rings is 1. The predicted molar refractivity (Wildman–Crippen MR) is 88.3 cm³/mol. The maximum atomic E-state index is 11.9. The highest BCUT2D eigenvalue weighted by Crippen LogP contribution is 2.27. The summed E-state index contributed by atoms with van der Waals surface area (Å²) in [6.07, 6.45) is 3.94. The number of esters is 1. The Morgan fingerprint density at radius 1 is 1.25 bits per heavy atom. The van der Waals surface area contributed by atoms with E-state index in [1.54, 1.807) is 25.3 Å². The average Bonchev–Trinajstić information content (AvgIpc) is 2.61.